The van der Waals surface area contributed by atoms with E-state index in [-0.39, 0.29) is 5.78 Å². The van der Waals surface area contributed by atoms with Gasteiger partial charge in [0.15, 0.2) is 5.78 Å². The molecule has 0 aliphatic heterocycles. The molecule has 0 aromatic heterocycles. The van der Waals surface area contributed by atoms with Crippen molar-refractivity contribution in [2.24, 2.45) is 0 Å². The molecule has 242 valence electrons. The Labute approximate surface area is 271 Å². The summed E-state index contributed by atoms with van der Waals surface area (Å²) in [6, 6.07) is 21.3. The van der Waals surface area contributed by atoms with Crippen LogP contribution >= 0.6 is 0 Å². The van der Waals surface area contributed by atoms with Gasteiger partial charge in [-0.3, -0.25) is 4.79 Å². The van der Waals surface area contributed by atoms with E-state index in [1.54, 1.807) is 60.7 Å². The highest BCUT2D eigenvalue weighted by Gasteiger charge is 2.10. The van der Waals surface area contributed by atoms with Gasteiger partial charge in [-0.05, 0) is 85.1 Å². The standard InChI is InChI=1S/C40H52O5/c1-3-5-7-9-10-11-12-13-14-16-32-44-37-26-22-35(23-27-37)40(42)45-38-28-20-34(21-29-38)39(41)30-19-33-17-24-36(25-18-33)43-31-15-8-6-4-2/h17-30H,3-16,31-32H2,1-2H3/b30-19+. The maximum absolute atomic E-state index is 12.7. The summed E-state index contributed by atoms with van der Waals surface area (Å²) in [4.78, 5) is 25.3. The lowest BCUT2D eigenvalue weighted by atomic mass is 10.1. The first-order chi connectivity index (χ1) is 22.1. The Balaban J connectivity index is 1.34. The van der Waals surface area contributed by atoms with Crippen molar-refractivity contribution < 1.29 is 23.8 Å². The molecule has 0 aliphatic carbocycles. The summed E-state index contributed by atoms with van der Waals surface area (Å²) in [6.07, 6.45) is 20.9. The summed E-state index contributed by atoms with van der Waals surface area (Å²) in [5, 5.41) is 0. The number of unbranched alkanes of at least 4 members (excludes halogenated alkanes) is 12. The van der Waals surface area contributed by atoms with Crippen LogP contribution in [0.5, 0.6) is 17.2 Å². The van der Waals surface area contributed by atoms with Gasteiger partial charge in [-0.15, -0.1) is 0 Å². The molecule has 0 saturated heterocycles. The van der Waals surface area contributed by atoms with Crippen LogP contribution in [0.4, 0.5) is 0 Å². The SMILES string of the molecule is CCCCCCCCCCCCOc1ccc(C(=O)Oc2ccc(C(=O)/C=C/c3ccc(OCCCCCC)cc3)cc2)cc1. The third kappa shape index (κ3) is 14.6. The largest absolute Gasteiger partial charge is 0.494 e. The zero-order valence-electron chi connectivity index (χ0n) is 27.4. The first-order valence-corrected chi connectivity index (χ1v) is 17.1. The van der Waals surface area contributed by atoms with E-state index in [0.29, 0.717) is 23.5 Å². The Morgan fingerprint density at radius 1 is 0.511 bits per heavy atom. The van der Waals surface area contributed by atoms with Crippen molar-refractivity contribution in [2.45, 2.75) is 104 Å². The van der Waals surface area contributed by atoms with Crippen LogP contribution in [-0.2, 0) is 0 Å². The Morgan fingerprint density at radius 3 is 1.47 bits per heavy atom. The Kier molecular flexibility index (Phi) is 17.2. The molecular weight excluding hydrogens is 560 g/mol. The van der Waals surface area contributed by atoms with Crippen molar-refractivity contribution in [3.8, 4) is 17.2 Å². The topological polar surface area (TPSA) is 61.8 Å². The molecule has 0 amide bonds. The van der Waals surface area contributed by atoms with Gasteiger partial charge in [0.25, 0.3) is 0 Å². The molecule has 0 spiro atoms. The zero-order chi connectivity index (χ0) is 32.0. The highest BCUT2D eigenvalue weighted by Crippen LogP contribution is 2.19. The molecule has 45 heavy (non-hydrogen) atoms. The molecule has 0 N–H and O–H groups in total. The fourth-order valence-corrected chi connectivity index (χ4v) is 4.98. The molecule has 0 atom stereocenters. The maximum atomic E-state index is 12.7. The second-order valence-corrected chi connectivity index (χ2v) is 11.6. The van der Waals surface area contributed by atoms with E-state index in [9.17, 15) is 9.59 Å². The van der Waals surface area contributed by atoms with Crippen LogP contribution in [0.25, 0.3) is 6.08 Å². The van der Waals surface area contributed by atoms with Crippen molar-refractivity contribution in [2.75, 3.05) is 13.2 Å². The number of esters is 1. The van der Waals surface area contributed by atoms with Crippen molar-refractivity contribution in [1.82, 2.24) is 0 Å². The normalized spacial score (nSPS) is 11.1. The van der Waals surface area contributed by atoms with E-state index in [1.807, 2.05) is 24.3 Å². The summed E-state index contributed by atoms with van der Waals surface area (Å²) in [6.45, 7) is 5.85. The quantitative estimate of drug-likeness (QED) is 0.0350. The fraction of sp³-hybridized carbons (Fsp3) is 0.450. The Morgan fingerprint density at radius 2 is 0.933 bits per heavy atom. The van der Waals surface area contributed by atoms with Gasteiger partial charge in [0, 0.05) is 5.56 Å². The van der Waals surface area contributed by atoms with Crippen LogP contribution in [0.15, 0.2) is 78.9 Å². The number of ketones is 1. The number of allylic oxidation sites excluding steroid dienone is 1. The molecule has 0 radical (unpaired) electrons. The molecule has 0 unspecified atom stereocenters. The van der Waals surface area contributed by atoms with Gasteiger partial charge in [-0.1, -0.05) is 109 Å². The molecule has 0 fully saturated rings. The van der Waals surface area contributed by atoms with Crippen LogP contribution in [-0.4, -0.2) is 25.0 Å². The van der Waals surface area contributed by atoms with Crippen molar-refractivity contribution in [1.29, 1.82) is 0 Å². The molecule has 0 saturated carbocycles. The first kappa shape index (κ1) is 35.6. The predicted molar refractivity (Wildman–Crippen MR) is 185 cm³/mol. The second-order valence-electron chi connectivity index (χ2n) is 11.6. The van der Waals surface area contributed by atoms with E-state index >= 15 is 0 Å². The third-order valence-electron chi connectivity index (χ3n) is 7.78. The second kappa shape index (κ2) is 21.8. The number of ether oxygens (including phenoxy) is 3. The van der Waals surface area contributed by atoms with Gasteiger partial charge >= 0.3 is 5.97 Å². The minimum absolute atomic E-state index is 0.127. The smallest absolute Gasteiger partial charge is 0.343 e. The van der Waals surface area contributed by atoms with Gasteiger partial charge in [0.05, 0.1) is 18.8 Å². The van der Waals surface area contributed by atoms with Gasteiger partial charge < -0.3 is 14.2 Å². The minimum atomic E-state index is -0.455. The summed E-state index contributed by atoms with van der Waals surface area (Å²) in [5.74, 6) is 1.39. The average Bonchev–Trinajstić information content (AvgIpc) is 3.07. The molecule has 3 rings (SSSR count). The van der Waals surface area contributed by atoms with Gasteiger partial charge in [-0.25, -0.2) is 4.79 Å². The highest BCUT2D eigenvalue weighted by atomic mass is 16.5. The monoisotopic (exact) mass is 612 g/mol. The van der Waals surface area contributed by atoms with Crippen LogP contribution in [0.2, 0.25) is 0 Å². The van der Waals surface area contributed by atoms with E-state index < -0.39 is 5.97 Å². The Bertz CT molecular complexity index is 1260. The van der Waals surface area contributed by atoms with E-state index in [2.05, 4.69) is 13.8 Å². The number of hydrogen-bond donors (Lipinski definition) is 0. The average molecular weight is 613 g/mol. The molecule has 5 nitrogen and oxygen atoms in total. The van der Waals surface area contributed by atoms with Gasteiger partial charge in [-0.2, -0.15) is 0 Å². The fourth-order valence-electron chi connectivity index (χ4n) is 4.98. The summed E-state index contributed by atoms with van der Waals surface area (Å²) >= 11 is 0. The lowest BCUT2D eigenvalue weighted by Gasteiger charge is -2.08. The molecule has 3 aromatic carbocycles. The summed E-state index contributed by atoms with van der Waals surface area (Å²) in [7, 11) is 0. The van der Waals surface area contributed by atoms with Crippen molar-refractivity contribution in [3.63, 3.8) is 0 Å². The summed E-state index contributed by atoms with van der Waals surface area (Å²) in [5.41, 5.74) is 1.88. The zero-order valence-corrected chi connectivity index (χ0v) is 27.4. The molecule has 0 aliphatic rings. The maximum Gasteiger partial charge on any atom is 0.343 e. The van der Waals surface area contributed by atoms with Crippen molar-refractivity contribution in [3.05, 3.63) is 95.6 Å². The van der Waals surface area contributed by atoms with Crippen LogP contribution < -0.4 is 14.2 Å². The van der Waals surface area contributed by atoms with E-state index in [4.69, 9.17) is 14.2 Å². The van der Waals surface area contributed by atoms with Crippen LogP contribution in [0.1, 0.15) is 130 Å². The van der Waals surface area contributed by atoms with Crippen LogP contribution in [0, 0.1) is 0 Å². The van der Waals surface area contributed by atoms with E-state index in [0.717, 1.165) is 36.5 Å². The molecule has 5 heteroatoms. The van der Waals surface area contributed by atoms with E-state index in [1.165, 1.54) is 77.0 Å². The highest BCUT2D eigenvalue weighted by molar-refractivity contribution is 6.06. The van der Waals surface area contributed by atoms with Gasteiger partial charge in [0.1, 0.15) is 17.2 Å². The molecular formula is C40H52O5. The summed E-state index contributed by atoms with van der Waals surface area (Å²) < 4.78 is 17.1. The number of hydrogen-bond acceptors (Lipinski definition) is 5. The number of carbonyl (C=O) groups excluding carboxylic acids is 2. The predicted octanol–water partition coefficient (Wildman–Crippen LogP) is 11.1. The first-order valence-electron chi connectivity index (χ1n) is 17.1. The lowest BCUT2D eigenvalue weighted by molar-refractivity contribution is 0.0734. The number of benzene rings is 3. The molecule has 0 bridgehead atoms. The Hall–Kier alpha value is -3.86. The lowest BCUT2D eigenvalue weighted by Crippen LogP contribution is -2.08. The number of rotatable bonds is 23. The molecule has 3 aromatic rings. The third-order valence-corrected chi connectivity index (χ3v) is 7.78. The van der Waals surface area contributed by atoms with Gasteiger partial charge in [0.2, 0.25) is 0 Å². The minimum Gasteiger partial charge on any atom is -0.494 e. The van der Waals surface area contributed by atoms with Crippen LogP contribution in [0.3, 0.4) is 0 Å². The number of carbonyl (C=O) groups is 2. The van der Waals surface area contributed by atoms with Crippen molar-refractivity contribution >= 4 is 17.8 Å². The molecule has 0 heterocycles.